The number of hydrogen-bond donors (Lipinski definition) is 1. The lowest BCUT2D eigenvalue weighted by Gasteiger charge is -2.13. The Bertz CT molecular complexity index is 540. The number of nitrogens with one attached hydrogen (secondary N) is 1. The van der Waals surface area contributed by atoms with Crippen LogP contribution in [-0.2, 0) is 16.4 Å². The first-order chi connectivity index (χ1) is 8.98. The Morgan fingerprint density at radius 3 is 2.89 bits per heavy atom. The van der Waals surface area contributed by atoms with Gasteiger partial charge in [-0.25, -0.2) is 8.42 Å². The molecule has 6 heteroatoms. The molecule has 0 radical (unpaired) electrons. The van der Waals surface area contributed by atoms with Gasteiger partial charge >= 0.3 is 0 Å². The van der Waals surface area contributed by atoms with Crippen LogP contribution in [0.3, 0.4) is 0 Å². The van der Waals surface area contributed by atoms with Gasteiger partial charge in [-0.15, -0.1) is 0 Å². The minimum absolute atomic E-state index is 0.326. The molecule has 1 unspecified atom stereocenters. The number of rotatable bonds is 5. The topological polar surface area (TPSA) is 46.2 Å². The highest BCUT2D eigenvalue weighted by molar-refractivity contribution is 8.00. The van der Waals surface area contributed by atoms with Crippen LogP contribution in [0.25, 0.3) is 0 Å². The lowest BCUT2D eigenvalue weighted by molar-refractivity contribution is 0.597. The van der Waals surface area contributed by atoms with Crippen LogP contribution in [0.1, 0.15) is 18.4 Å². The maximum absolute atomic E-state index is 11.7. The van der Waals surface area contributed by atoms with Gasteiger partial charge in [-0.1, -0.05) is 17.7 Å². The van der Waals surface area contributed by atoms with E-state index in [1.807, 2.05) is 11.8 Å². The van der Waals surface area contributed by atoms with Gasteiger partial charge in [-0.3, -0.25) is 0 Å². The Morgan fingerprint density at radius 2 is 2.26 bits per heavy atom. The first kappa shape index (κ1) is 15.2. The van der Waals surface area contributed by atoms with Crippen molar-refractivity contribution < 1.29 is 8.42 Å². The number of benzene rings is 1. The van der Waals surface area contributed by atoms with E-state index in [-0.39, 0.29) is 0 Å². The van der Waals surface area contributed by atoms with Crippen molar-refractivity contribution in [2.75, 3.05) is 18.6 Å². The first-order valence-electron chi connectivity index (χ1n) is 6.28. The van der Waals surface area contributed by atoms with Crippen LogP contribution in [-0.4, -0.2) is 32.2 Å². The molecule has 1 atom stereocenters. The van der Waals surface area contributed by atoms with Gasteiger partial charge in [-0.05, 0) is 30.7 Å². The van der Waals surface area contributed by atoms with Crippen LogP contribution in [0, 0.1) is 0 Å². The molecular weight excluding hydrogens is 302 g/mol. The highest BCUT2D eigenvalue weighted by Gasteiger charge is 2.18. The number of halogens is 1. The Labute approximate surface area is 124 Å². The predicted octanol–water partition coefficient (Wildman–Crippen LogP) is 2.73. The fraction of sp³-hybridized carbons (Fsp3) is 0.538. The Kier molecular flexibility index (Phi) is 5.17. The van der Waals surface area contributed by atoms with Crippen molar-refractivity contribution in [3.05, 3.63) is 28.8 Å². The standard InChI is InChI=1S/C13H18ClNO2S2/c1-19(16,17)13-6-2-5-12(14)11(13)9-15-8-10-4-3-7-18-10/h2,5-6,10,15H,3-4,7-9H2,1H3. The van der Waals surface area contributed by atoms with Crippen LogP contribution < -0.4 is 5.32 Å². The fourth-order valence-electron chi connectivity index (χ4n) is 2.22. The van der Waals surface area contributed by atoms with E-state index in [0.717, 1.165) is 6.54 Å². The number of sulfone groups is 1. The van der Waals surface area contributed by atoms with E-state index in [1.165, 1.54) is 24.9 Å². The van der Waals surface area contributed by atoms with Crippen molar-refractivity contribution in [3.8, 4) is 0 Å². The normalized spacial score (nSPS) is 19.8. The van der Waals surface area contributed by atoms with Gasteiger partial charge in [0, 0.05) is 35.2 Å². The third-order valence-corrected chi connectivity index (χ3v) is 6.11. The summed E-state index contributed by atoms with van der Waals surface area (Å²) in [6.45, 7) is 1.40. The summed E-state index contributed by atoms with van der Waals surface area (Å²) in [5.74, 6) is 1.23. The van der Waals surface area contributed by atoms with Crippen molar-refractivity contribution in [3.63, 3.8) is 0 Å². The summed E-state index contributed by atoms with van der Waals surface area (Å²) in [6.07, 6.45) is 3.73. The monoisotopic (exact) mass is 319 g/mol. The molecule has 0 bridgehead atoms. The van der Waals surface area contributed by atoms with E-state index in [4.69, 9.17) is 11.6 Å². The van der Waals surface area contributed by atoms with Gasteiger partial charge in [0.05, 0.1) is 4.90 Å². The minimum atomic E-state index is -3.24. The van der Waals surface area contributed by atoms with Gasteiger partial charge in [0.2, 0.25) is 0 Å². The van der Waals surface area contributed by atoms with Gasteiger partial charge in [0.15, 0.2) is 9.84 Å². The second kappa shape index (κ2) is 6.48. The van der Waals surface area contributed by atoms with Crippen molar-refractivity contribution >= 4 is 33.2 Å². The van der Waals surface area contributed by atoms with Crippen LogP contribution in [0.15, 0.2) is 23.1 Å². The maximum atomic E-state index is 11.7. The van der Waals surface area contributed by atoms with E-state index < -0.39 is 9.84 Å². The van der Waals surface area contributed by atoms with Crippen LogP contribution in [0.2, 0.25) is 5.02 Å². The molecule has 0 saturated carbocycles. The number of hydrogen-bond acceptors (Lipinski definition) is 4. The second-order valence-corrected chi connectivity index (χ2v) is 8.55. The lowest BCUT2D eigenvalue weighted by Crippen LogP contribution is -2.23. The predicted molar refractivity (Wildman–Crippen MR) is 81.7 cm³/mol. The summed E-state index contributed by atoms with van der Waals surface area (Å²) in [6, 6.07) is 5.02. The van der Waals surface area contributed by atoms with Crippen molar-refractivity contribution in [1.82, 2.24) is 5.32 Å². The summed E-state index contributed by atoms with van der Waals surface area (Å²) in [7, 11) is -3.24. The van der Waals surface area contributed by atoms with E-state index >= 15 is 0 Å². The molecule has 1 N–H and O–H groups in total. The molecule has 1 saturated heterocycles. The van der Waals surface area contributed by atoms with Gasteiger partial charge in [0.25, 0.3) is 0 Å². The van der Waals surface area contributed by atoms with E-state index in [9.17, 15) is 8.42 Å². The second-order valence-electron chi connectivity index (χ2n) is 4.75. The molecular formula is C13H18ClNO2S2. The van der Waals surface area contributed by atoms with Crippen LogP contribution in [0.4, 0.5) is 0 Å². The highest BCUT2D eigenvalue weighted by atomic mass is 35.5. The molecule has 0 spiro atoms. The zero-order valence-electron chi connectivity index (χ0n) is 10.9. The molecule has 1 fully saturated rings. The third-order valence-electron chi connectivity index (χ3n) is 3.17. The SMILES string of the molecule is CS(=O)(=O)c1cccc(Cl)c1CNCC1CCCS1. The summed E-state index contributed by atoms with van der Waals surface area (Å²) in [4.78, 5) is 0.326. The van der Waals surface area contributed by atoms with E-state index in [1.54, 1.807) is 18.2 Å². The number of thioether (sulfide) groups is 1. The van der Waals surface area contributed by atoms with Crippen molar-refractivity contribution in [1.29, 1.82) is 0 Å². The minimum Gasteiger partial charge on any atom is -0.311 e. The summed E-state index contributed by atoms with van der Waals surface area (Å²) >= 11 is 8.10. The van der Waals surface area contributed by atoms with Crippen LogP contribution in [0.5, 0.6) is 0 Å². The molecule has 2 rings (SSSR count). The summed E-state index contributed by atoms with van der Waals surface area (Å²) < 4.78 is 23.5. The molecule has 1 aromatic rings. The van der Waals surface area contributed by atoms with Crippen LogP contribution >= 0.6 is 23.4 Å². The Hall–Kier alpha value is -0.230. The average molecular weight is 320 g/mol. The molecule has 0 aliphatic carbocycles. The molecule has 0 aromatic heterocycles. The molecule has 19 heavy (non-hydrogen) atoms. The van der Waals surface area contributed by atoms with Crippen molar-refractivity contribution in [2.24, 2.45) is 0 Å². The molecule has 1 aromatic carbocycles. The van der Waals surface area contributed by atoms with E-state index in [0.29, 0.717) is 27.3 Å². The van der Waals surface area contributed by atoms with Gasteiger partial charge < -0.3 is 5.32 Å². The largest absolute Gasteiger partial charge is 0.311 e. The zero-order valence-corrected chi connectivity index (χ0v) is 13.2. The zero-order chi connectivity index (χ0) is 13.9. The molecule has 0 amide bonds. The quantitative estimate of drug-likeness (QED) is 0.906. The average Bonchev–Trinajstić information content (AvgIpc) is 2.82. The fourth-order valence-corrected chi connectivity index (χ4v) is 4.71. The summed E-state index contributed by atoms with van der Waals surface area (Å²) in [5, 5.41) is 4.48. The molecule has 106 valence electrons. The maximum Gasteiger partial charge on any atom is 0.175 e. The summed E-state index contributed by atoms with van der Waals surface area (Å²) in [5.41, 5.74) is 0.676. The van der Waals surface area contributed by atoms with E-state index in [2.05, 4.69) is 5.32 Å². The Morgan fingerprint density at radius 1 is 1.47 bits per heavy atom. The molecule has 1 aliphatic rings. The molecule has 3 nitrogen and oxygen atoms in total. The van der Waals surface area contributed by atoms with Crippen molar-refractivity contribution in [2.45, 2.75) is 29.5 Å². The Balaban J connectivity index is 2.06. The lowest BCUT2D eigenvalue weighted by atomic mass is 10.2. The van der Waals surface area contributed by atoms with Gasteiger partial charge in [0.1, 0.15) is 0 Å². The first-order valence-corrected chi connectivity index (χ1v) is 9.60. The van der Waals surface area contributed by atoms with Gasteiger partial charge in [-0.2, -0.15) is 11.8 Å². The highest BCUT2D eigenvalue weighted by Crippen LogP contribution is 2.26. The smallest absolute Gasteiger partial charge is 0.175 e. The third kappa shape index (κ3) is 4.12. The molecule has 1 aliphatic heterocycles. The molecule has 1 heterocycles.